The molecule has 2 atom stereocenters. The summed E-state index contributed by atoms with van der Waals surface area (Å²) in [4.78, 5) is 14.3. The van der Waals surface area contributed by atoms with Crippen molar-refractivity contribution in [1.82, 2.24) is 4.90 Å². The Bertz CT molecular complexity index is 507. The molecule has 5 heteroatoms. The molecule has 0 bridgehead atoms. The number of benzene rings is 1. The minimum absolute atomic E-state index is 0.0247. The Kier molecular flexibility index (Phi) is 5.65. The Morgan fingerprint density at radius 2 is 2.24 bits per heavy atom. The highest BCUT2D eigenvalue weighted by molar-refractivity contribution is 9.10. The van der Waals surface area contributed by atoms with Gasteiger partial charge in [0.1, 0.15) is 5.75 Å². The van der Waals surface area contributed by atoms with Gasteiger partial charge in [-0.1, -0.05) is 13.0 Å². The largest absolute Gasteiger partial charge is 0.496 e. The second-order valence-electron chi connectivity index (χ2n) is 5.48. The van der Waals surface area contributed by atoms with Gasteiger partial charge in [0, 0.05) is 19.0 Å². The average molecular weight is 355 g/mol. The molecule has 0 saturated carbocycles. The lowest BCUT2D eigenvalue weighted by Gasteiger charge is -2.34. The third-order valence-corrected chi connectivity index (χ3v) is 4.59. The Balaban J connectivity index is 2.39. The predicted molar refractivity (Wildman–Crippen MR) is 87.3 cm³/mol. The van der Waals surface area contributed by atoms with E-state index in [1.165, 1.54) is 0 Å². The second-order valence-corrected chi connectivity index (χ2v) is 6.34. The van der Waals surface area contributed by atoms with Crippen LogP contribution in [0.5, 0.6) is 5.75 Å². The summed E-state index contributed by atoms with van der Waals surface area (Å²) in [6.07, 6.45) is 3.28. The van der Waals surface area contributed by atoms with Crippen LogP contribution in [0.4, 0.5) is 0 Å². The Morgan fingerprint density at radius 1 is 1.48 bits per heavy atom. The topological polar surface area (TPSA) is 55.6 Å². The van der Waals surface area contributed by atoms with Gasteiger partial charge in [0.15, 0.2) is 0 Å². The summed E-state index contributed by atoms with van der Waals surface area (Å²) in [6, 6.07) is 5.87. The van der Waals surface area contributed by atoms with Gasteiger partial charge in [-0.3, -0.25) is 4.79 Å². The van der Waals surface area contributed by atoms with Crippen molar-refractivity contribution in [3.8, 4) is 5.75 Å². The van der Waals surface area contributed by atoms with Gasteiger partial charge in [0.25, 0.3) is 0 Å². The zero-order valence-corrected chi connectivity index (χ0v) is 14.2. The molecule has 1 amide bonds. The molecule has 2 N–H and O–H groups in total. The number of halogens is 1. The number of nitrogens with two attached hydrogens (primary N) is 1. The molecule has 0 aromatic heterocycles. The normalized spacial score (nSPS) is 23.0. The van der Waals surface area contributed by atoms with Crippen LogP contribution in [0.15, 0.2) is 22.7 Å². The Hall–Kier alpha value is -1.07. The van der Waals surface area contributed by atoms with Crippen molar-refractivity contribution in [1.29, 1.82) is 0 Å². The molecular weight excluding hydrogens is 332 g/mol. The second kappa shape index (κ2) is 7.27. The molecule has 116 valence electrons. The van der Waals surface area contributed by atoms with Gasteiger partial charge in [-0.05, 0) is 52.9 Å². The highest BCUT2D eigenvalue weighted by Crippen LogP contribution is 2.34. The molecule has 2 rings (SSSR count). The Labute approximate surface area is 134 Å². The SMILES string of the molecule is CCCN1C(=O)CCCC(N)C1c1ccc(OC)c(Br)c1. The molecule has 0 radical (unpaired) electrons. The summed E-state index contributed by atoms with van der Waals surface area (Å²) in [7, 11) is 1.64. The third kappa shape index (κ3) is 3.58. The lowest BCUT2D eigenvalue weighted by molar-refractivity contribution is -0.133. The smallest absolute Gasteiger partial charge is 0.223 e. The van der Waals surface area contributed by atoms with Crippen molar-refractivity contribution in [3.63, 3.8) is 0 Å². The van der Waals surface area contributed by atoms with Crippen molar-refractivity contribution in [2.45, 2.75) is 44.7 Å². The van der Waals surface area contributed by atoms with E-state index in [9.17, 15) is 4.79 Å². The molecule has 2 unspecified atom stereocenters. The summed E-state index contributed by atoms with van der Waals surface area (Å²) >= 11 is 3.52. The van der Waals surface area contributed by atoms with E-state index in [0.717, 1.165) is 41.6 Å². The molecule has 0 spiro atoms. The number of ether oxygens (including phenoxy) is 1. The van der Waals surface area contributed by atoms with Crippen LogP contribution in [-0.4, -0.2) is 30.5 Å². The molecule has 1 aliphatic heterocycles. The Morgan fingerprint density at radius 3 is 2.86 bits per heavy atom. The molecule has 1 aliphatic rings. The van der Waals surface area contributed by atoms with E-state index >= 15 is 0 Å². The maximum absolute atomic E-state index is 12.4. The number of carbonyl (C=O) groups is 1. The number of rotatable bonds is 4. The number of hydrogen-bond acceptors (Lipinski definition) is 3. The number of methoxy groups -OCH3 is 1. The fraction of sp³-hybridized carbons (Fsp3) is 0.562. The number of amides is 1. The lowest BCUT2D eigenvalue weighted by atomic mass is 9.96. The zero-order valence-electron chi connectivity index (χ0n) is 12.6. The first-order valence-electron chi connectivity index (χ1n) is 7.47. The van der Waals surface area contributed by atoms with Crippen LogP contribution in [0.3, 0.4) is 0 Å². The summed E-state index contributed by atoms with van der Waals surface area (Å²) in [6.45, 7) is 2.84. The van der Waals surface area contributed by atoms with Gasteiger partial charge in [0.05, 0.1) is 17.6 Å². The molecule has 0 aliphatic carbocycles. The van der Waals surface area contributed by atoms with Crippen LogP contribution in [0.1, 0.15) is 44.2 Å². The van der Waals surface area contributed by atoms with E-state index in [1.54, 1.807) is 7.11 Å². The van der Waals surface area contributed by atoms with Crippen molar-refractivity contribution >= 4 is 21.8 Å². The van der Waals surface area contributed by atoms with E-state index in [-0.39, 0.29) is 18.0 Å². The quantitative estimate of drug-likeness (QED) is 0.902. The maximum atomic E-state index is 12.4. The first kappa shape index (κ1) is 16.3. The van der Waals surface area contributed by atoms with Crippen LogP contribution >= 0.6 is 15.9 Å². The first-order valence-corrected chi connectivity index (χ1v) is 8.26. The van der Waals surface area contributed by atoms with Gasteiger partial charge in [0.2, 0.25) is 5.91 Å². The predicted octanol–water partition coefficient (Wildman–Crippen LogP) is 3.25. The standard InChI is InChI=1S/C16H23BrN2O2/c1-3-9-19-15(20)6-4-5-13(18)16(19)11-7-8-14(21-2)12(17)10-11/h7-8,10,13,16H,3-6,9,18H2,1-2H3. The van der Waals surface area contributed by atoms with Crippen molar-refractivity contribution in [3.05, 3.63) is 28.2 Å². The van der Waals surface area contributed by atoms with Gasteiger partial charge in [-0.15, -0.1) is 0 Å². The summed E-state index contributed by atoms with van der Waals surface area (Å²) in [5.41, 5.74) is 7.44. The number of hydrogen-bond donors (Lipinski definition) is 1. The molecule has 1 aromatic carbocycles. The van der Waals surface area contributed by atoms with E-state index in [2.05, 4.69) is 22.9 Å². The zero-order chi connectivity index (χ0) is 15.4. The van der Waals surface area contributed by atoms with Crippen LogP contribution in [0.25, 0.3) is 0 Å². The van der Waals surface area contributed by atoms with E-state index in [1.807, 2.05) is 23.1 Å². The van der Waals surface area contributed by atoms with E-state index < -0.39 is 0 Å². The molecule has 1 heterocycles. The van der Waals surface area contributed by atoms with Gasteiger partial charge in [-0.25, -0.2) is 0 Å². The molecular formula is C16H23BrN2O2. The summed E-state index contributed by atoms with van der Waals surface area (Å²) < 4.78 is 6.17. The van der Waals surface area contributed by atoms with Crippen molar-refractivity contribution in [2.24, 2.45) is 5.73 Å². The van der Waals surface area contributed by atoms with Gasteiger partial charge >= 0.3 is 0 Å². The number of likely N-dealkylation sites (tertiary alicyclic amines) is 1. The fourth-order valence-corrected chi connectivity index (χ4v) is 3.53. The van der Waals surface area contributed by atoms with Crippen LogP contribution in [-0.2, 0) is 4.79 Å². The van der Waals surface area contributed by atoms with Gasteiger partial charge in [-0.2, -0.15) is 0 Å². The summed E-state index contributed by atoms with van der Waals surface area (Å²) in [5.74, 6) is 0.996. The van der Waals surface area contributed by atoms with Crippen molar-refractivity contribution < 1.29 is 9.53 Å². The van der Waals surface area contributed by atoms with Crippen LogP contribution < -0.4 is 10.5 Å². The molecule has 4 nitrogen and oxygen atoms in total. The molecule has 1 saturated heterocycles. The first-order chi connectivity index (χ1) is 10.1. The van der Waals surface area contributed by atoms with E-state index in [4.69, 9.17) is 10.5 Å². The number of nitrogens with zero attached hydrogens (tertiary/aromatic N) is 1. The van der Waals surface area contributed by atoms with E-state index in [0.29, 0.717) is 6.42 Å². The lowest BCUT2D eigenvalue weighted by Crippen LogP contribution is -2.42. The van der Waals surface area contributed by atoms with Gasteiger partial charge < -0.3 is 15.4 Å². The molecule has 1 fully saturated rings. The monoisotopic (exact) mass is 354 g/mol. The highest BCUT2D eigenvalue weighted by atomic mass is 79.9. The molecule has 1 aromatic rings. The minimum Gasteiger partial charge on any atom is -0.496 e. The molecule has 21 heavy (non-hydrogen) atoms. The van der Waals surface area contributed by atoms with Crippen LogP contribution in [0.2, 0.25) is 0 Å². The maximum Gasteiger partial charge on any atom is 0.223 e. The number of carbonyl (C=O) groups excluding carboxylic acids is 1. The fourth-order valence-electron chi connectivity index (χ4n) is 2.98. The minimum atomic E-state index is -0.0536. The van der Waals surface area contributed by atoms with Crippen LogP contribution in [0, 0.1) is 0 Å². The average Bonchev–Trinajstić information content (AvgIpc) is 2.59. The highest BCUT2D eigenvalue weighted by Gasteiger charge is 2.32. The summed E-state index contributed by atoms with van der Waals surface area (Å²) in [5, 5.41) is 0. The van der Waals surface area contributed by atoms with Crippen molar-refractivity contribution in [2.75, 3.05) is 13.7 Å². The third-order valence-electron chi connectivity index (χ3n) is 3.97.